The summed E-state index contributed by atoms with van der Waals surface area (Å²) in [5.41, 5.74) is 3.46. The molecule has 0 spiro atoms. The lowest BCUT2D eigenvalue weighted by Gasteiger charge is -2.45. The number of carbonyl (C=O) groups excluding carboxylic acids is 2. The normalized spacial score (nSPS) is 16.8. The first-order valence-corrected chi connectivity index (χ1v) is 10.9. The number of likely N-dealkylation sites (N-methyl/N-ethyl adjacent to an activating group) is 1. The zero-order chi connectivity index (χ0) is 22.9. The number of hydrogen-bond donors (Lipinski definition) is 2. The van der Waals surface area contributed by atoms with Gasteiger partial charge in [0.2, 0.25) is 5.91 Å². The minimum absolute atomic E-state index is 0.00965. The van der Waals surface area contributed by atoms with Gasteiger partial charge in [0.25, 0.3) is 0 Å². The van der Waals surface area contributed by atoms with Crippen LogP contribution in [0.4, 0.5) is 4.79 Å². The lowest BCUT2D eigenvalue weighted by atomic mass is 9.75. The third-order valence-electron chi connectivity index (χ3n) is 6.78. The van der Waals surface area contributed by atoms with Gasteiger partial charge >= 0.3 is 12.1 Å². The summed E-state index contributed by atoms with van der Waals surface area (Å²) in [4.78, 5) is 37.9. The van der Waals surface area contributed by atoms with Gasteiger partial charge in [-0.1, -0.05) is 48.5 Å². The van der Waals surface area contributed by atoms with Crippen LogP contribution in [0.2, 0.25) is 0 Å². The van der Waals surface area contributed by atoms with E-state index >= 15 is 0 Å². The third kappa shape index (κ3) is 3.83. The second-order valence-electron chi connectivity index (χ2n) is 8.72. The van der Waals surface area contributed by atoms with E-state index in [1.807, 2.05) is 24.3 Å². The molecule has 2 N–H and O–H groups in total. The largest absolute Gasteiger partial charge is 0.479 e. The molecule has 2 aromatic carbocycles. The zero-order valence-corrected chi connectivity index (χ0v) is 18.3. The Morgan fingerprint density at radius 1 is 1.09 bits per heavy atom. The topological polar surface area (TPSA) is 95.9 Å². The van der Waals surface area contributed by atoms with Crippen LogP contribution in [-0.2, 0) is 14.3 Å². The predicted octanol–water partition coefficient (Wildman–Crippen LogP) is 3.77. The molecule has 32 heavy (non-hydrogen) atoms. The Morgan fingerprint density at radius 2 is 1.66 bits per heavy atom. The molecule has 7 heteroatoms. The Bertz CT molecular complexity index is 1000. The number of benzene rings is 2. The molecule has 0 heterocycles. The van der Waals surface area contributed by atoms with Crippen molar-refractivity contribution in [3.8, 4) is 11.1 Å². The molecule has 2 aliphatic carbocycles. The molecule has 1 saturated carbocycles. The van der Waals surface area contributed by atoms with Crippen molar-refractivity contribution in [3.05, 3.63) is 59.7 Å². The van der Waals surface area contributed by atoms with Crippen molar-refractivity contribution in [1.82, 2.24) is 10.2 Å². The molecule has 2 aliphatic rings. The second kappa shape index (κ2) is 8.65. The zero-order valence-electron chi connectivity index (χ0n) is 18.3. The first-order valence-electron chi connectivity index (χ1n) is 10.9. The molecular formula is C25H28N2O5. The number of aliphatic carboxylic acids is 1. The molecule has 7 nitrogen and oxygen atoms in total. The summed E-state index contributed by atoms with van der Waals surface area (Å²) >= 11 is 0. The Labute approximate surface area is 187 Å². The molecule has 2 amide bonds. The van der Waals surface area contributed by atoms with E-state index < -0.39 is 23.6 Å². The standard InChI is InChI=1S/C25H28N2O5/c1-16(14-22(28)27(2)25(23(29)30)12-7-13-25)26-24(31)32-15-21-19-10-5-3-8-17(19)18-9-4-6-11-20(18)21/h3-6,8-11,16,21H,7,12-15H2,1-2H3,(H,26,31)(H,29,30). The number of alkyl carbamates (subject to hydrolysis) is 1. The maximum atomic E-state index is 12.6. The van der Waals surface area contributed by atoms with Crippen LogP contribution >= 0.6 is 0 Å². The fourth-order valence-electron chi connectivity index (χ4n) is 4.73. The maximum absolute atomic E-state index is 12.6. The fraction of sp³-hybridized carbons (Fsp3) is 0.400. The molecule has 1 unspecified atom stereocenters. The highest BCUT2D eigenvalue weighted by atomic mass is 16.5. The summed E-state index contributed by atoms with van der Waals surface area (Å²) < 4.78 is 5.52. The van der Waals surface area contributed by atoms with Crippen LogP contribution in [0.1, 0.15) is 49.7 Å². The fourth-order valence-corrected chi connectivity index (χ4v) is 4.73. The van der Waals surface area contributed by atoms with Crippen LogP contribution in [0.15, 0.2) is 48.5 Å². The Kier molecular flexibility index (Phi) is 5.91. The van der Waals surface area contributed by atoms with E-state index in [0.717, 1.165) is 28.7 Å². The van der Waals surface area contributed by atoms with E-state index in [0.29, 0.717) is 12.8 Å². The highest BCUT2D eigenvalue weighted by Gasteiger charge is 2.49. The van der Waals surface area contributed by atoms with E-state index in [2.05, 4.69) is 29.6 Å². The van der Waals surface area contributed by atoms with E-state index in [-0.39, 0.29) is 24.9 Å². The summed E-state index contributed by atoms with van der Waals surface area (Å²) in [6.07, 6.45) is 1.12. The number of ether oxygens (including phenoxy) is 1. The van der Waals surface area contributed by atoms with Gasteiger partial charge in [-0.2, -0.15) is 0 Å². The van der Waals surface area contributed by atoms with Gasteiger partial charge in [-0.25, -0.2) is 9.59 Å². The summed E-state index contributed by atoms with van der Waals surface area (Å²) in [6.45, 7) is 1.91. The van der Waals surface area contributed by atoms with Crippen LogP contribution in [0.25, 0.3) is 11.1 Å². The molecule has 0 aromatic heterocycles. The lowest BCUT2D eigenvalue weighted by molar-refractivity contribution is -0.164. The Morgan fingerprint density at radius 3 is 2.16 bits per heavy atom. The highest BCUT2D eigenvalue weighted by Crippen LogP contribution is 2.44. The van der Waals surface area contributed by atoms with Gasteiger partial charge in [0.15, 0.2) is 0 Å². The smallest absolute Gasteiger partial charge is 0.407 e. The molecule has 0 bridgehead atoms. The quantitative estimate of drug-likeness (QED) is 0.689. The van der Waals surface area contributed by atoms with E-state index in [9.17, 15) is 19.5 Å². The minimum Gasteiger partial charge on any atom is -0.479 e. The molecule has 0 aliphatic heterocycles. The van der Waals surface area contributed by atoms with Crippen molar-refractivity contribution < 1.29 is 24.2 Å². The molecule has 168 valence electrons. The average molecular weight is 437 g/mol. The van der Waals surface area contributed by atoms with Gasteiger partial charge in [0.05, 0.1) is 0 Å². The number of carboxylic acid groups (broad SMARTS) is 1. The number of hydrogen-bond acceptors (Lipinski definition) is 4. The minimum atomic E-state index is -1.11. The van der Waals surface area contributed by atoms with Crippen molar-refractivity contribution in [1.29, 1.82) is 0 Å². The van der Waals surface area contributed by atoms with Crippen LogP contribution in [0.5, 0.6) is 0 Å². The first kappa shape index (κ1) is 21.9. The number of rotatable bonds is 7. The van der Waals surface area contributed by atoms with Crippen molar-refractivity contribution >= 4 is 18.0 Å². The second-order valence-corrected chi connectivity index (χ2v) is 8.72. The summed E-state index contributed by atoms with van der Waals surface area (Å²) in [7, 11) is 1.52. The van der Waals surface area contributed by atoms with Crippen LogP contribution in [0.3, 0.4) is 0 Å². The van der Waals surface area contributed by atoms with Gasteiger partial charge in [-0.15, -0.1) is 0 Å². The SMILES string of the molecule is CC(CC(=O)N(C)C1(C(=O)O)CCC1)NC(=O)OCC1c2ccccc2-c2ccccc21. The Hall–Kier alpha value is -3.35. The number of nitrogens with one attached hydrogen (secondary N) is 1. The van der Waals surface area contributed by atoms with Crippen molar-refractivity contribution in [3.63, 3.8) is 0 Å². The van der Waals surface area contributed by atoms with E-state index in [1.54, 1.807) is 6.92 Å². The molecule has 1 atom stereocenters. The summed E-state index contributed by atoms with van der Waals surface area (Å²) in [5.74, 6) is -1.32. The summed E-state index contributed by atoms with van der Waals surface area (Å²) in [5, 5.41) is 12.2. The molecule has 0 saturated heterocycles. The number of carbonyl (C=O) groups is 3. The average Bonchev–Trinajstić information content (AvgIpc) is 3.04. The van der Waals surface area contributed by atoms with E-state index in [1.165, 1.54) is 11.9 Å². The van der Waals surface area contributed by atoms with Gasteiger partial charge in [0, 0.05) is 25.4 Å². The van der Waals surface area contributed by atoms with Gasteiger partial charge in [-0.05, 0) is 48.4 Å². The predicted molar refractivity (Wildman–Crippen MR) is 119 cm³/mol. The Balaban J connectivity index is 1.33. The van der Waals surface area contributed by atoms with Crippen molar-refractivity contribution in [2.75, 3.05) is 13.7 Å². The number of amides is 2. The monoisotopic (exact) mass is 436 g/mol. The van der Waals surface area contributed by atoms with Gasteiger partial charge in [-0.3, -0.25) is 4.79 Å². The van der Waals surface area contributed by atoms with E-state index in [4.69, 9.17) is 4.74 Å². The molecule has 0 radical (unpaired) electrons. The van der Waals surface area contributed by atoms with Crippen LogP contribution in [0, 0.1) is 0 Å². The molecule has 1 fully saturated rings. The van der Waals surface area contributed by atoms with Crippen molar-refractivity contribution in [2.45, 2.75) is 50.1 Å². The first-order chi connectivity index (χ1) is 15.3. The van der Waals surface area contributed by atoms with Crippen LogP contribution in [-0.4, -0.2) is 53.2 Å². The van der Waals surface area contributed by atoms with Gasteiger partial charge < -0.3 is 20.1 Å². The maximum Gasteiger partial charge on any atom is 0.407 e. The number of carboxylic acids is 1. The molecular weight excluding hydrogens is 408 g/mol. The van der Waals surface area contributed by atoms with Crippen LogP contribution < -0.4 is 5.32 Å². The highest BCUT2D eigenvalue weighted by molar-refractivity contribution is 5.88. The number of nitrogens with zero attached hydrogens (tertiary/aromatic N) is 1. The molecule has 2 aromatic rings. The third-order valence-corrected chi connectivity index (χ3v) is 6.78. The summed E-state index contributed by atoms with van der Waals surface area (Å²) in [6, 6.07) is 15.7. The number of fused-ring (bicyclic) bond motifs is 3. The van der Waals surface area contributed by atoms with Gasteiger partial charge in [0.1, 0.15) is 12.1 Å². The van der Waals surface area contributed by atoms with Crippen molar-refractivity contribution in [2.24, 2.45) is 0 Å². The molecule has 4 rings (SSSR count). The lowest BCUT2D eigenvalue weighted by Crippen LogP contribution is -2.60.